The average molecular weight is 522 g/mol. The van der Waals surface area contributed by atoms with E-state index < -0.39 is 16.1 Å². The Hall–Kier alpha value is -1.22. The van der Waals surface area contributed by atoms with Crippen molar-refractivity contribution >= 4 is 42.1 Å². The van der Waals surface area contributed by atoms with Crippen LogP contribution in [0.4, 0.5) is 0 Å². The van der Waals surface area contributed by atoms with E-state index in [2.05, 4.69) is 112 Å². The molecule has 0 aromatic heterocycles. The zero-order chi connectivity index (χ0) is 22.0. The molecule has 2 bridgehead atoms. The van der Waals surface area contributed by atoms with Crippen LogP contribution in [0.3, 0.4) is 0 Å². The molecule has 6 rings (SSSR count). The molecule has 0 atom stereocenters. The van der Waals surface area contributed by atoms with Crippen LogP contribution in [0.15, 0.2) is 72.8 Å². The molecule has 3 aliphatic rings. The summed E-state index contributed by atoms with van der Waals surface area (Å²) in [6, 6.07) is 28.0. The van der Waals surface area contributed by atoms with Crippen LogP contribution in [0.2, 0.25) is 39.3 Å². The van der Waals surface area contributed by atoms with Crippen molar-refractivity contribution in [3.63, 3.8) is 0 Å². The Morgan fingerprint density at radius 2 is 1.00 bits per heavy atom. The Kier molecular flexibility index (Phi) is 5.16. The molecule has 0 nitrogen and oxygen atoms in total. The first-order chi connectivity index (χ1) is 14.7. The molecule has 0 heterocycles. The van der Waals surface area contributed by atoms with Gasteiger partial charge in [0, 0.05) is 0 Å². The van der Waals surface area contributed by atoms with Crippen molar-refractivity contribution in [3.05, 3.63) is 106 Å². The maximum atomic E-state index is 2.56. The molecule has 158 valence electrons. The maximum absolute atomic E-state index is 2.56. The SMILES string of the molecule is C[Si](C)(C)C(=P[Se]C12c3ccccc3C(c3ccccc31)c1ccccc12)[Si](C)(C)C. The minimum atomic E-state index is -1.33. The van der Waals surface area contributed by atoms with Gasteiger partial charge in [-0.25, -0.2) is 0 Å². The summed E-state index contributed by atoms with van der Waals surface area (Å²) >= 11 is 0.399. The van der Waals surface area contributed by atoms with Gasteiger partial charge < -0.3 is 0 Å². The summed E-state index contributed by atoms with van der Waals surface area (Å²) in [5, 5.41) is 0. The molecular formula is C27H31PSeSi2. The van der Waals surface area contributed by atoms with E-state index in [1.54, 1.807) is 40.3 Å². The van der Waals surface area contributed by atoms with E-state index in [0.717, 1.165) is 0 Å². The van der Waals surface area contributed by atoms with Gasteiger partial charge in [0.25, 0.3) is 0 Å². The topological polar surface area (TPSA) is 0 Å². The number of hydrogen-bond donors (Lipinski definition) is 0. The van der Waals surface area contributed by atoms with Crippen molar-refractivity contribution in [3.8, 4) is 0 Å². The van der Waals surface area contributed by atoms with Crippen LogP contribution in [0.1, 0.15) is 39.3 Å². The van der Waals surface area contributed by atoms with Gasteiger partial charge in [-0.05, 0) is 0 Å². The summed E-state index contributed by atoms with van der Waals surface area (Å²) in [7, 11) is -2.67. The summed E-state index contributed by atoms with van der Waals surface area (Å²) in [4.78, 5) is 0. The predicted octanol–water partition coefficient (Wildman–Crippen LogP) is 7.28. The van der Waals surface area contributed by atoms with Gasteiger partial charge in [-0.2, -0.15) is 0 Å². The Morgan fingerprint density at radius 3 is 1.35 bits per heavy atom. The molecule has 31 heavy (non-hydrogen) atoms. The van der Waals surface area contributed by atoms with Crippen molar-refractivity contribution in [2.75, 3.05) is 0 Å². The van der Waals surface area contributed by atoms with Crippen LogP contribution >= 0.6 is 6.89 Å². The predicted molar refractivity (Wildman–Crippen MR) is 145 cm³/mol. The fourth-order valence-electron chi connectivity index (χ4n) is 5.81. The Bertz CT molecular complexity index is 1070. The first kappa shape index (κ1) is 21.6. The second kappa shape index (κ2) is 7.40. The van der Waals surface area contributed by atoms with E-state index in [9.17, 15) is 0 Å². The summed E-state index contributed by atoms with van der Waals surface area (Å²) in [5.74, 6) is 0.385. The molecule has 4 heteroatoms. The third kappa shape index (κ3) is 3.24. The van der Waals surface area contributed by atoms with Crippen molar-refractivity contribution < 1.29 is 0 Å². The first-order valence-corrected chi connectivity index (χ1v) is 22.2. The third-order valence-electron chi connectivity index (χ3n) is 6.65. The van der Waals surface area contributed by atoms with Crippen molar-refractivity contribution in [1.82, 2.24) is 0 Å². The quantitative estimate of drug-likeness (QED) is 0.250. The molecular weight excluding hydrogens is 490 g/mol. The van der Waals surface area contributed by atoms with Crippen molar-refractivity contribution in [2.24, 2.45) is 0 Å². The Labute approximate surface area is 197 Å². The molecule has 0 fully saturated rings. The summed E-state index contributed by atoms with van der Waals surface area (Å²) in [6.45, 7) is 17.0. The van der Waals surface area contributed by atoms with Gasteiger partial charge in [0.2, 0.25) is 0 Å². The molecule has 3 aliphatic carbocycles. The molecule has 0 aliphatic heterocycles. The second-order valence-electron chi connectivity index (χ2n) is 10.9. The minimum absolute atomic E-state index is 0.0254. The number of rotatable bonds is 4. The summed E-state index contributed by atoms with van der Waals surface area (Å²) in [5.41, 5.74) is 9.36. The van der Waals surface area contributed by atoms with E-state index in [4.69, 9.17) is 0 Å². The van der Waals surface area contributed by atoms with Gasteiger partial charge in [-0.3, -0.25) is 0 Å². The van der Waals surface area contributed by atoms with Crippen LogP contribution in [0.25, 0.3) is 0 Å². The van der Waals surface area contributed by atoms with E-state index in [-0.39, 0.29) is 4.31 Å². The molecule has 3 aromatic rings. The fourth-order valence-corrected chi connectivity index (χ4v) is 33.7. The Morgan fingerprint density at radius 1 is 0.645 bits per heavy atom. The second-order valence-corrected chi connectivity index (χ2v) is 26.6. The molecule has 0 amide bonds. The summed E-state index contributed by atoms with van der Waals surface area (Å²) < 4.78 is 1.96. The molecule has 3 aromatic carbocycles. The van der Waals surface area contributed by atoms with Crippen molar-refractivity contribution in [2.45, 2.75) is 49.5 Å². The normalized spacial score (nSPS) is 21.4. The average Bonchev–Trinajstić information content (AvgIpc) is 2.72. The van der Waals surface area contributed by atoms with Crippen LogP contribution in [0.5, 0.6) is 0 Å². The number of benzene rings is 3. The first-order valence-electron chi connectivity index (χ1n) is 11.2. The molecule has 0 saturated heterocycles. The monoisotopic (exact) mass is 522 g/mol. The molecule has 0 N–H and O–H groups in total. The zero-order valence-electron chi connectivity index (χ0n) is 19.4. The molecule has 0 saturated carbocycles. The molecule has 0 spiro atoms. The van der Waals surface area contributed by atoms with Crippen LogP contribution in [0, 0.1) is 0 Å². The van der Waals surface area contributed by atoms with Gasteiger partial charge in [0.15, 0.2) is 0 Å². The molecule has 0 radical (unpaired) electrons. The standard InChI is InChI=1S/C27H31PSeSi2/c1-30(2,3)26(31(4,5)6)28-29-27-22-16-10-7-13-19(22)25(20-14-8-11-17-23(20)27)21-15-9-12-18-24(21)27/h7-18,25H,1-6H3. The van der Waals surface area contributed by atoms with Gasteiger partial charge in [-0.15, -0.1) is 0 Å². The van der Waals surface area contributed by atoms with Crippen LogP contribution < -0.4 is 0 Å². The van der Waals surface area contributed by atoms with E-state index in [1.807, 2.05) is 4.54 Å². The van der Waals surface area contributed by atoms with Crippen LogP contribution in [-0.2, 0) is 4.31 Å². The zero-order valence-corrected chi connectivity index (χ0v) is 24.0. The fraction of sp³-hybridized carbons (Fsp3) is 0.296. The van der Waals surface area contributed by atoms with Crippen LogP contribution in [-0.4, -0.2) is 35.2 Å². The molecule has 0 unspecified atom stereocenters. The van der Waals surface area contributed by atoms with Crippen molar-refractivity contribution in [1.29, 1.82) is 0 Å². The van der Waals surface area contributed by atoms with Gasteiger partial charge in [-0.1, -0.05) is 0 Å². The van der Waals surface area contributed by atoms with Gasteiger partial charge >= 0.3 is 198 Å². The van der Waals surface area contributed by atoms with Gasteiger partial charge in [0.1, 0.15) is 0 Å². The third-order valence-corrected chi connectivity index (χ3v) is 26.2. The Balaban J connectivity index is 1.83. The van der Waals surface area contributed by atoms with E-state index in [1.165, 1.54) is 0 Å². The van der Waals surface area contributed by atoms with Gasteiger partial charge in [0.05, 0.1) is 0 Å². The summed E-state index contributed by atoms with van der Waals surface area (Å²) in [6.07, 6.45) is 0. The van der Waals surface area contributed by atoms with E-state index >= 15 is 0 Å². The van der Waals surface area contributed by atoms with E-state index in [0.29, 0.717) is 20.4 Å². The number of hydrogen-bond acceptors (Lipinski definition) is 0.